The average Bonchev–Trinajstić information content (AvgIpc) is 2.54. The Kier molecular flexibility index (Phi) is 5.10. The van der Waals surface area contributed by atoms with E-state index in [0.29, 0.717) is 11.4 Å². The van der Waals surface area contributed by atoms with Crippen LogP contribution in [0, 0.1) is 27.3 Å². The van der Waals surface area contributed by atoms with E-state index in [9.17, 15) is 14.5 Å². The van der Waals surface area contributed by atoms with Crippen LogP contribution in [0.15, 0.2) is 42.5 Å². The molecule has 1 atom stereocenters. The summed E-state index contributed by atoms with van der Waals surface area (Å²) in [6.45, 7) is 2.04. The molecule has 2 aromatic carbocycles. The first-order chi connectivity index (χ1) is 11.0. The van der Waals surface area contributed by atoms with E-state index < -0.39 is 4.92 Å². The quantitative estimate of drug-likeness (QED) is 0.651. The van der Waals surface area contributed by atoms with Gasteiger partial charge in [0.1, 0.15) is 23.9 Å². The predicted octanol–water partition coefficient (Wildman–Crippen LogP) is 3.48. The van der Waals surface area contributed by atoms with Crippen LogP contribution >= 0.6 is 0 Å². The van der Waals surface area contributed by atoms with E-state index in [1.54, 1.807) is 6.92 Å². The van der Waals surface area contributed by atoms with Gasteiger partial charge in [-0.1, -0.05) is 0 Å². The van der Waals surface area contributed by atoms with E-state index in [1.165, 1.54) is 42.5 Å². The maximum absolute atomic E-state index is 12.8. The van der Waals surface area contributed by atoms with Crippen molar-refractivity contribution < 1.29 is 14.1 Å². The van der Waals surface area contributed by atoms with Crippen molar-refractivity contribution >= 4 is 11.4 Å². The molecule has 0 aliphatic carbocycles. The van der Waals surface area contributed by atoms with E-state index in [-0.39, 0.29) is 29.7 Å². The molecule has 0 saturated carbocycles. The van der Waals surface area contributed by atoms with Gasteiger partial charge in [0, 0.05) is 6.07 Å². The van der Waals surface area contributed by atoms with E-state index in [1.807, 2.05) is 6.07 Å². The largest absolute Gasteiger partial charge is 0.491 e. The fourth-order valence-corrected chi connectivity index (χ4v) is 1.93. The van der Waals surface area contributed by atoms with Crippen LogP contribution in [-0.2, 0) is 0 Å². The lowest BCUT2D eigenvalue weighted by molar-refractivity contribution is -0.384. The molecule has 118 valence electrons. The zero-order valence-corrected chi connectivity index (χ0v) is 12.3. The van der Waals surface area contributed by atoms with E-state index in [2.05, 4.69) is 5.32 Å². The molecule has 7 heteroatoms. The highest BCUT2D eigenvalue weighted by Gasteiger charge is 2.16. The number of hydrogen-bond acceptors (Lipinski definition) is 5. The summed E-state index contributed by atoms with van der Waals surface area (Å²) in [7, 11) is 0. The van der Waals surface area contributed by atoms with Gasteiger partial charge in [-0.05, 0) is 43.3 Å². The Bertz CT molecular complexity index is 741. The summed E-state index contributed by atoms with van der Waals surface area (Å²) >= 11 is 0. The highest BCUT2D eigenvalue weighted by molar-refractivity contribution is 5.64. The van der Waals surface area contributed by atoms with Gasteiger partial charge < -0.3 is 10.1 Å². The standard InChI is InChI=1S/C16H14FN3O3/c1-11(10-23-14-5-3-13(17)4-6-14)19-15-7-2-12(9-18)8-16(15)20(21)22/h2-8,11,19H,10H2,1H3. The van der Waals surface area contributed by atoms with Gasteiger partial charge in [-0.25, -0.2) is 4.39 Å². The number of ether oxygens (including phenoxy) is 1. The summed E-state index contributed by atoms with van der Waals surface area (Å²) in [5, 5.41) is 22.9. The predicted molar refractivity (Wildman–Crippen MR) is 82.8 cm³/mol. The summed E-state index contributed by atoms with van der Waals surface area (Å²) in [6, 6.07) is 11.4. The highest BCUT2D eigenvalue weighted by Crippen LogP contribution is 2.26. The molecule has 0 heterocycles. The van der Waals surface area contributed by atoms with Crippen molar-refractivity contribution in [2.24, 2.45) is 0 Å². The van der Waals surface area contributed by atoms with Gasteiger partial charge in [0.05, 0.1) is 22.6 Å². The first kappa shape index (κ1) is 16.2. The Morgan fingerprint density at radius 1 is 1.35 bits per heavy atom. The number of halogens is 1. The number of anilines is 1. The van der Waals surface area contributed by atoms with Crippen molar-refractivity contribution in [3.05, 3.63) is 64.0 Å². The number of nitro benzene ring substituents is 1. The summed E-state index contributed by atoms with van der Waals surface area (Å²) in [5.41, 5.74) is 0.361. The molecule has 2 aromatic rings. The van der Waals surface area contributed by atoms with E-state index in [4.69, 9.17) is 10.00 Å². The Morgan fingerprint density at radius 2 is 2.04 bits per heavy atom. The zero-order chi connectivity index (χ0) is 16.8. The molecular formula is C16H14FN3O3. The topological polar surface area (TPSA) is 88.2 Å². The van der Waals surface area contributed by atoms with Crippen LogP contribution < -0.4 is 10.1 Å². The minimum Gasteiger partial charge on any atom is -0.491 e. The zero-order valence-electron chi connectivity index (χ0n) is 12.3. The average molecular weight is 315 g/mol. The lowest BCUT2D eigenvalue weighted by atomic mass is 10.1. The molecule has 1 unspecified atom stereocenters. The molecule has 0 saturated heterocycles. The van der Waals surface area contributed by atoms with Crippen LogP contribution in [-0.4, -0.2) is 17.6 Å². The third-order valence-electron chi connectivity index (χ3n) is 3.04. The Hall–Kier alpha value is -3.14. The van der Waals surface area contributed by atoms with Gasteiger partial charge in [-0.2, -0.15) is 5.26 Å². The lowest BCUT2D eigenvalue weighted by Gasteiger charge is -2.16. The Balaban J connectivity index is 2.02. The van der Waals surface area contributed by atoms with Crippen molar-refractivity contribution in [3.63, 3.8) is 0 Å². The van der Waals surface area contributed by atoms with Crippen LogP contribution in [0.3, 0.4) is 0 Å². The number of nitriles is 1. The van der Waals surface area contributed by atoms with Crippen LogP contribution in [0.1, 0.15) is 12.5 Å². The first-order valence-corrected chi connectivity index (χ1v) is 6.83. The Morgan fingerprint density at radius 3 is 2.65 bits per heavy atom. The molecule has 0 aliphatic rings. The summed E-state index contributed by atoms with van der Waals surface area (Å²) in [6.07, 6.45) is 0. The van der Waals surface area contributed by atoms with Crippen LogP contribution in [0.25, 0.3) is 0 Å². The third-order valence-corrected chi connectivity index (χ3v) is 3.04. The molecule has 0 aliphatic heterocycles. The lowest BCUT2D eigenvalue weighted by Crippen LogP contribution is -2.24. The van der Waals surface area contributed by atoms with Gasteiger partial charge in [-0.15, -0.1) is 0 Å². The highest BCUT2D eigenvalue weighted by atomic mass is 19.1. The minimum absolute atomic E-state index is 0.169. The number of hydrogen-bond donors (Lipinski definition) is 1. The van der Waals surface area contributed by atoms with Gasteiger partial charge >= 0.3 is 0 Å². The third kappa shape index (κ3) is 4.41. The smallest absolute Gasteiger partial charge is 0.293 e. The van der Waals surface area contributed by atoms with Gasteiger partial charge in [0.25, 0.3) is 5.69 Å². The normalized spacial score (nSPS) is 11.3. The molecule has 0 spiro atoms. The van der Waals surface area contributed by atoms with Gasteiger partial charge in [-0.3, -0.25) is 10.1 Å². The molecule has 0 radical (unpaired) electrons. The number of nitro groups is 1. The van der Waals surface area contributed by atoms with Crippen LogP contribution in [0.5, 0.6) is 5.75 Å². The minimum atomic E-state index is -0.545. The fourth-order valence-electron chi connectivity index (χ4n) is 1.93. The maximum Gasteiger partial charge on any atom is 0.293 e. The molecule has 6 nitrogen and oxygen atoms in total. The molecule has 0 fully saturated rings. The SMILES string of the molecule is CC(COc1ccc(F)cc1)Nc1ccc(C#N)cc1[N+](=O)[O-]. The fraction of sp³-hybridized carbons (Fsp3) is 0.188. The first-order valence-electron chi connectivity index (χ1n) is 6.83. The van der Waals surface area contributed by atoms with Crippen molar-refractivity contribution in [3.8, 4) is 11.8 Å². The number of nitrogens with one attached hydrogen (secondary N) is 1. The summed E-state index contributed by atoms with van der Waals surface area (Å²) < 4.78 is 18.3. The molecule has 0 bridgehead atoms. The molecule has 1 N–H and O–H groups in total. The Labute approximate surface area is 132 Å². The molecule has 0 aromatic heterocycles. The molecular weight excluding hydrogens is 301 g/mol. The molecule has 2 rings (SSSR count). The summed E-state index contributed by atoms with van der Waals surface area (Å²) in [5.74, 6) is 0.158. The monoisotopic (exact) mass is 315 g/mol. The van der Waals surface area contributed by atoms with E-state index in [0.717, 1.165) is 0 Å². The van der Waals surface area contributed by atoms with Crippen LogP contribution in [0.4, 0.5) is 15.8 Å². The second kappa shape index (κ2) is 7.22. The van der Waals surface area contributed by atoms with Crippen molar-refractivity contribution in [2.45, 2.75) is 13.0 Å². The van der Waals surface area contributed by atoms with Crippen LogP contribution in [0.2, 0.25) is 0 Å². The maximum atomic E-state index is 12.8. The van der Waals surface area contributed by atoms with Crippen molar-refractivity contribution in [2.75, 3.05) is 11.9 Å². The molecule has 23 heavy (non-hydrogen) atoms. The second-order valence-electron chi connectivity index (χ2n) is 4.91. The van der Waals surface area contributed by atoms with Gasteiger partial charge in [0.15, 0.2) is 0 Å². The number of rotatable bonds is 6. The summed E-state index contributed by atoms with van der Waals surface area (Å²) in [4.78, 5) is 10.5. The van der Waals surface area contributed by atoms with Crippen molar-refractivity contribution in [1.82, 2.24) is 0 Å². The number of benzene rings is 2. The van der Waals surface area contributed by atoms with Crippen molar-refractivity contribution in [1.29, 1.82) is 5.26 Å². The number of nitrogens with zero attached hydrogens (tertiary/aromatic N) is 2. The van der Waals surface area contributed by atoms with Gasteiger partial charge in [0.2, 0.25) is 0 Å². The molecule has 0 amide bonds. The van der Waals surface area contributed by atoms with E-state index >= 15 is 0 Å². The second-order valence-corrected chi connectivity index (χ2v) is 4.91.